The molecule has 76 valence electrons. The number of nitrogens with zero attached hydrogens (tertiary/aromatic N) is 1. The second kappa shape index (κ2) is 3.58. The molecule has 2 aliphatic rings. The van der Waals surface area contributed by atoms with E-state index in [2.05, 4.69) is 18.7 Å². The molecular formula is C11H21NO. The Kier molecular flexibility index (Phi) is 2.61. The van der Waals surface area contributed by atoms with Gasteiger partial charge < -0.3 is 9.64 Å². The summed E-state index contributed by atoms with van der Waals surface area (Å²) in [5.41, 5.74) is 0.560. The van der Waals surface area contributed by atoms with Crippen LogP contribution < -0.4 is 0 Å². The smallest absolute Gasteiger partial charge is 0.0538 e. The van der Waals surface area contributed by atoms with Crippen LogP contribution in [0.1, 0.15) is 33.1 Å². The summed E-state index contributed by atoms with van der Waals surface area (Å²) in [6.07, 6.45) is 4.57. The molecule has 0 radical (unpaired) electrons. The van der Waals surface area contributed by atoms with Crippen molar-refractivity contribution >= 4 is 0 Å². The molecule has 0 spiro atoms. The van der Waals surface area contributed by atoms with Crippen molar-refractivity contribution < 1.29 is 4.74 Å². The molecule has 0 aromatic carbocycles. The average Bonchev–Trinajstić information content (AvgIpc) is 2.75. The summed E-state index contributed by atoms with van der Waals surface area (Å²) in [6, 6.07) is 0. The normalized spacial score (nSPS) is 26.1. The maximum Gasteiger partial charge on any atom is 0.0538 e. The van der Waals surface area contributed by atoms with Crippen LogP contribution >= 0.6 is 0 Å². The zero-order valence-electron chi connectivity index (χ0n) is 8.88. The molecule has 0 unspecified atom stereocenters. The van der Waals surface area contributed by atoms with E-state index in [0.717, 1.165) is 6.61 Å². The highest BCUT2D eigenvalue weighted by Crippen LogP contribution is 2.47. The molecule has 0 amide bonds. The third kappa shape index (κ3) is 2.44. The lowest BCUT2D eigenvalue weighted by molar-refractivity contribution is 0.0226. The highest BCUT2D eigenvalue weighted by Gasteiger charge is 2.44. The van der Waals surface area contributed by atoms with Crippen LogP contribution in [0.5, 0.6) is 0 Å². The first-order valence-electron chi connectivity index (χ1n) is 5.54. The van der Waals surface area contributed by atoms with E-state index in [1.807, 2.05) is 0 Å². The minimum Gasteiger partial charge on any atom is -0.378 e. The van der Waals surface area contributed by atoms with Crippen molar-refractivity contribution in [1.82, 2.24) is 4.90 Å². The number of rotatable bonds is 5. The Morgan fingerprint density at radius 1 is 1.31 bits per heavy atom. The Balaban J connectivity index is 1.69. The van der Waals surface area contributed by atoms with Gasteiger partial charge in [-0.25, -0.2) is 0 Å². The molecule has 2 fully saturated rings. The second-order valence-electron chi connectivity index (χ2n) is 4.99. The first-order valence-corrected chi connectivity index (χ1v) is 5.54. The van der Waals surface area contributed by atoms with Crippen molar-refractivity contribution in [2.75, 3.05) is 26.2 Å². The molecule has 2 heteroatoms. The molecule has 1 aliphatic heterocycles. The van der Waals surface area contributed by atoms with Crippen LogP contribution in [-0.4, -0.2) is 37.2 Å². The van der Waals surface area contributed by atoms with Crippen LogP contribution in [0.3, 0.4) is 0 Å². The Morgan fingerprint density at radius 3 is 2.38 bits per heavy atom. The molecule has 0 aromatic heterocycles. The van der Waals surface area contributed by atoms with Gasteiger partial charge in [0, 0.05) is 12.0 Å². The molecule has 1 saturated carbocycles. The molecule has 0 atom stereocenters. The van der Waals surface area contributed by atoms with Gasteiger partial charge in [0.1, 0.15) is 0 Å². The van der Waals surface area contributed by atoms with Crippen LogP contribution in [0.2, 0.25) is 0 Å². The maximum absolute atomic E-state index is 5.71. The fraction of sp³-hybridized carbons (Fsp3) is 1.00. The van der Waals surface area contributed by atoms with E-state index < -0.39 is 0 Å². The minimum absolute atomic E-state index is 0.397. The standard InChI is InChI=1S/C11H21NO/c1-10(2)13-9-11(4-5-11)8-12-6-3-7-12/h10H,3-9H2,1-2H3. The van der Waals surface area contributed by atoms with Gasteiger partial charge in [-0.1, -0.05) is 0 Å². The van der Waals surface area contributed by atoms with Gasteiger partial charge >= 0.3 is 0 Å². The number of hydrogen-bond acceptors (Lipinski definition) is 2. The van der Waals surface area contributed by atoms with Gasteiger partial charge in [0.15, 0.2) is 0 Å². The van der Waals surface area contributed by atoms with Gasteiger partial charge in [0.25, 0.3) is 0 Å². The SMILES string of the molecule is CC(C)OCC1(CN2CCC2)CC1. The predicted molar refractivity (Wildman–Crippen MR) is 53.8 cm³/mol. The topological polar surface area (TPSA) is 12.5 Å². The van der Waals surface area contributed by atoms with Crippen LogP contribution in [-0.2, 0) is 4.74 Å². The van der Waals surface area contributed by atoms with Crippen molar-refractivity contribution in [3.05, 3.63) is 0 Å². The van der Waals surface area contributed by atoms with Gasteiger partial charge in [0.05, 0.1) is 12.7 Å². The Bertz CT molecular complexity index is 171. The largest absolute Gasteiger partial charge is 0.378 e. The molecule has 1 aliphatic carbocycles. The summed E-state index contributed by atoms with van der Waals surface area (Å²) in [7, 11) is 0. The van der Waals surface area contributed by atoms with Crippen LogP contribution in [0.4, 0.5) is 0 Å². The fourth-order valence-corrected chi connectivity index (χ4v) is 1.88. The van der Waals surface area contributed by atoms with Crippen molar-refractivity contribution in [3.8, 4) is 0 Å². The maximum atomic E-state index is 5.71. The number of likely N-dealkylation sites (tertiary alicyclic amines) is 1. The summed E-state index contributed by atoms with van der Waals surface area (Å²) in [6.45, 7) is 9.17. The second-order valence-corrected chi connectivity index (χ2v) is 4.99. The van der Waals surface area contributed by atoms with Gasteiger partial charge in [0.2, 0.25) is 0 Å². The first-order chi connectivity index (χ1) is 6.20. The summed E-state index contributed by atoms with van der Waals surface area (Å²) in [5, 5.41) is 0. The number of ether oxygens (including phenoxy) is 1. The molecule has 0 bridgehead atoms. The van der Waals surface area contributed by atoms with Gasteiger partial charge in [-0.15, -0.1) is 0 Å². The fourth-order valence-electron chi connectivity index (χ4n) is 1.88. The van der Waals surface area contributed by atoms with Gasteiger partial charge in [-0.2, -0.15) is 0 Å². The Morgan fingerprint density at radius 2 is 2.00 bits per heavy atom. The lowest BCUT2D eigenvalue weighted by Gasteiger charge is -2.34. The number of hydrogen-bond donors (Lipinski definition) is 0. The summed E-state index contributed by atoms with van der Waals surface area (Å²) < 4.78 is 5.71. The van der Waals surface area contributed by atoms with Crippen molar-refractivity contribution in [3.63, 3.8) is 0 Å². The third-order valence-electron chi connectivity index (χ3n) is 3.19. The van der Waals surface area contributed by atoms with Crippen LogP contribution in [0, 0.1) is 5.41 Å². The van der Waals surface area contributed by atoms with E-state index >= 15 is 0 Å². The molecule has 13 heavy (non-hydrogen) atoms. The highest BCUT2D eigenvalue weighted by molar-refractivity contribution is 4.96. The van der Waals surface area contributed by atoms with Crippen LogP contribution in [0.15, 0.2) is 0 Å². The van der Waals surface area contributed by atoms with Crippen LogP contribution in [0.25, 0.3) is 0 Å². The van der Waals surface area contributed by atoms with E-state index in [4.69, 9.17) is 4.74 Å². The quantitative estimate of drug-likeness (QED) is 0.645. The summed E-state index contributed by atoms with van der Waals surface area (Å²) >= 11 is 0. The molecular weight excluding hydrogens is 162 g/mol. The minimum atomic E-state index is 0.397. The first kappa shape index (κ1) is 9.47. The zero-order valence-corrected chi connectivity index (χ0v) is 8.88. The van der Waals surface area contributed by atoms with E-state index in [-0.39, 0.29) is 0 Å². The Labute approximate surface area is 81.3 Å². The van der Waals surface area contributed by atoms with Crippen molar-refractivity contribution in [2.24, 2.45) is 5.41 Å². The van der Waals surface area contributed by atoms with Gasteiger partial charge in [-0.05, 0) is 46.2 Å². The van der Waals surface area contributed by atoms with E-state index in [9.17, 15) is 0 Å². The molecule has 2 nitrogen and oxygen atoms in total. The average molecular weight is 183 g/mol. The molecule has 1 heterocycles. The van der Waals surface area contributed by atoms with E-state index in [1.54, 1.807) is 0 Å². The third-order valence-corrected chi connectivity index (χ3v) is 3.19. The van der Waals surface area contributed by atoms with E-state index in [1.165, 1.54) is 38.9 Å². The van der Waals surface area contributed by atoms with Gasteiger partial charge in [-0.3, -0.25) is 0 Å². The molecule has 0 N–H and O–H groups in total. The zero-order chi connectivity index (χ0) is 9.31. The summed E-state index contributed by atoms with van der Waals surface area (Å²) in [5.74, 6) is 0. The van der Waals surface area contributed by atoms with Crippen molar-refractivity contribution in [1.29, 1.82) is 0 Å². The lowest BCUT2D eigenvalue weighted by Crippen LogP contribution is -2.42. The molecule has 1 saturated heterocycles. The summed E-state index contributed by atoms with van der Waals surface area (Å²) in [4.78, 5) is 2.57. The Hall–Kier alpha value is -0.0800. The molecule has 2 rings (SSSR count). The monoisotopic (exact) mass is 183 g/mol. The highest BCUT2D eigenvalue weighted by atomic mass is 16.5. The van der Waals surface area contributed by atoms with E-state index in [0.29, 0.717) is 11.5 Å². The van der Waals surface area contributed by atoms with Crippen molar-refractivity contribution in [2.45, 2.75) is 39.2 Å². The lowest BCUT2D eigenvalue weighted by atomic mass is 10.1. The predicted octanol–water partition coefficient (Wildman–Crippen LogP) is 1.90. The molecule has 0 aromatic rings.